The largest absolute Gasteiger partial charge is 0.493 e. The third-order valence-corrected chi connectivity index (χ3v) is 6.01. The van der Waals surface area contributed by atoms with Crippen molar-refractivity contribution in [2.24, 2.45) is 0 Å². The van der Waals surface area contributed by atoms with Gasteiger partial charge in [-0.15, -0.1) is 5.10 Å². The number of amides is 1. The second-order valence-corrected chi connectivity index (χ2v) is 8.37. The van der Waals surface area contributed by atoms with E-state index in [1.807, 2.05) is 43.3 Å². The van der Waals surface area contributed by atoms with Crippen LogP contribution in [0.4, 0.5) is 5.82 Å². The van der Waals surface area contributed by atoms with Gasteiger partial charge in [-0.05, 0) is 13.0 Å². The SMILES string of the molecule is COc1cc2nc(SCC(=O)Nc3cc(C)[nH]n3)n3nc(-c4ccccc4)nc3c2cc1OC. The maximum atomic E-state index is 12.5. The summed E-state index contributed by atoms with van der Waals surface area (Å²) in [5, 5.41) is 15.6. The van der Waals surface area contributed by atoms with Crippen molar-refractivity contribution < 1.29 is 14.3 Å². The summed E-state index contributed by atoms with van der Waals surface area (Å²) in [5.74, 6) is 2.07. The first kappa shape index (κ1) is 21.7. The molecule has 0 fully saturated rings. The van der Waals surface area contributed by atoms with E-state index in [4.69, 9.17) is 24.5 Å². The summed E-state index contributed by atoms with van der Waals surface area (Å²) in [6, 6.07) is 15.1. The number of nitrogens with one attached hydrogen (secondary N) is 2. The number of hydrogen-bond donors (Lipinski definition) is 2. The summed E-state index contributed by atoms with van der Waals surface area (Å²) in [7, 11) is 3.15. The van der Waals surface area contributed by atoms with Gasteiger partial charge in [0.05, 0.1) is 25.5 Å². The van der Waals surface area contributed by atoms with E-state index in [0.29, 0.717) is 39.5 Å². The quantitative estimate of drug-likeness (QED) is 0.270. The van der Waals surface area contributed by atoms with Gasteiger partial charge in [0.1, 0.15) is 0 Å². The fourth-order valence-corrected chi connectivity index (χ4v) is 4.25. The third-order valence-electron chi connectivity index (χ3n) is 5.08. The average molecular weight is 476 g/mol. The fraction of sp³-hybridized carbons (Fsp3) is 0.174. The lowest BCUT2D eigenvalue weighted by Crippen LogP contribution is -2.15. The molecule has 11 heteroatoms. The third kappa shape index (κ3) is 4.13. The number of fused-ring (bicyclic) bond motifs is 3. The summed E-state index contributed by atoms with van der Waals surface area (Å²) in [5.41, 5.74) is 3.00. The van der Waals surface area contributed by atoms with Crippen molar-refractivity contribution in [3.8, 4) is 22.9 Å². The maximum Gasteiger partial charge on any atom is 0.236 e. The Morgan fingerprint density at radius 1 is 1.09 bits per heavy atom. The molecule has 0 unspecified atom stereocenters. The molecule has 0 radical (unpaired) electrons. The van der Waals surface area contributed by atoms with Gasteiger partial charge < -0.3 is 14.8 Å². The molecule has 34 heavy (non-hydrogen) atoms. The minimum atomic E-state index is -0.206. The molecule has 2 aromatic carbocycles. The molecule has 2 N–H and O–H groups in total. The Hall–Kier alpha value is -4.12. The first-order valence-electron chi connectivity index (χ1n) is 10.4. The second-order valence-electron chi connectivity index (χ2n) is 7.43. The number of hydrogen-bond acceptors (Lipinski definition) is 8. The highest BCUT2D eigenvalue weighted by Gasteiger charge is 2.18. The molecule has 10 nitrogen and oxygen atoms in total. The summed E-state index contributed by atoms with van der Waals surface area (Å²) in [6.45, 7) is 1.87. The van der Waals surface area contributed by atoms with E-state index < -0.39 is 0 Å². The number of nitrogens with zero attached hydrogens (tertiary/aromatic N) is 5. The minimum Gasteiger partial charge on any atom is -0.493 e. The van der Waals surface area contributed by atoms with Gasteiger partial charge in [0.2, 0.25) is 5.91 Å². The summed E-state index contributed by atoms with van der Waals surface area (Å²) < 4.78 is 12.6. The zero-order chi connectivity index (χ0) is 23.7. The van der Waals surface area contributed by atoms with E-state index in [-0.39, 0.29) is 11.7 Å². The lowest BCUT2D eigenvalue weighted by atomic mass is 10.2. The van der Waals surface area contributed by atoms with E-state index in [1.54, 1.807) is 30.9 Å². The van der Waals surface area contributed by atoms with E-state index in [9.17, 15) is 4.79 Å². The molecular formula is C23H21N7O3S. The molecule has 0 aliphatic rings. The lowest BCUT2D eigenvalue weighted by Gasteiger charge is -2.11. The van der Waals surface area contributed by atoms with Crippen LogP contribution >= 0.6 is 11.8 Å². The zero-order valence-electron chi connectivity index (χ0n) is 18.7. The van der Waals surface area contributed by atoms with Crippen molar-refractivity contribution in [1.82, 2.24) is 29.8 Å². The van der Waals surface area contributed by atoms with Gasteiger partial charge >= 0.3 is 0 Å². The van der Waals surface area contributed by atoms with Crippen LogP contribution in [0.3, 0.4) is 0 Å². The first-order chi connectivity index (χ1) is 16.6. The van der Waals surface area contributed by atoms with Crippen LogP contribution in [-0.4, -0.2) is 55.7 Å². The summed E-state index contributed by atoms with van der Waals surface area (Å²) in [4.78, 5) is 22.1. The van der Waals surface area contributed by atoms with Crippen LogP contribution in [0.15, 0.2) is 53.7 Å². The topological polar surface area (TPSA) is 119 Å². The molecule has 0 saturated carbocycles. The van der Waals surface area contributed by atoms with E-state index >= 15 is 0 Å². The molecular weight excluding hydrogens is 454 g/mol. The number of thioether (sulfide) groups is 1. The van der Waals surface area contributed by atoms with Crippen LogP contribution < -0.4 is 14.8 Å². The van der Waals surface area contributed by atoms with Crippen LogP contribution in [0, 0.1) is 6.92 Å². The summed E-state index contributed by atoms with van der Waals surface area (Å²) >= 11 is 1.26. The number of benzene rings is 2. The smallest absolute Gasteiger partial charge is 0.236 e. The molecule has 0 spiro atoms. The molecule has 172 valence electrons. The Morgan fingerprint density at radius 2 is 1.85 bits per heavy atom. The average Bonchev–Trinajstić information content (AvgIpc) is 3.48. The first-order valence-corrected chi connectivity index (χ1v) is 11.4. The molecule has 0 aliphatic heterocycles. The number of aryl methyl sites for hydroxylation is 1. The highest BCUT2D eigenvalue weighted by Crippen LogP contribution is 2.35. The van der Waals surface area contributed by atoms with Gasteiger partial charge in [0.25, 0.3) is 0 Å². The number of aromatic nitrogens is 6. The van der Waals surface area contributed by atoms with E-state index in [0.717, 1.165) is 16.6 Å². The monoisotopic (exact) mass is 475 g/mol. The van der Waals surface area contributed by atoms with E-state index in [1.165, 1.54) is 11.8 Å². The maximum absolute atomic E-state index is 12.5. The molecule has 5 rings (SSSR count). The van der Waals surface area contributed by atoms with Gasteiger partial charge in [0.15, 0.2) is 33.9 Å². The standard InChI is InChI=1S/C23H21N7O3S/c1-13-9-19(28-27-13)25-20(31)12-34-23-24-16-11-18(33-3)17(32-2)10-15(16)22-26-21(29-30(22)23)14-7-5-4-6-8-14/h4-11H,12H2,1-3H3,(H2,25,27,28,31). The highest BCUT2D eigenvalue weighted by molar-refractivity contribution is 7.99. The van der Waals surface area contributed by atoms with Crippen molar-refractivity contribution in [3.63, 3.8) is 0 Å². The zero-order valence-corrected chi connectivity index (χ0v) is 19.5. The Morgan fingerprint density at radius 3 is 2.56 bits per heavy atom. The van der Waals surface area contributed by atoms with Crippen LogP contribution in [0.5, 0.6) is 11.5 Å². The molecule has 0 saturated heterocycles. The van der Waals surface area contributed by atoms with Crippen LogP contribution in [-0.2, 0) is 4.79 Å². The molecule has 3 heterocycles. The number of methoxy groups -OCH3 is 2. The Balaban J connectivity index is 1.57. The van der Waals surface area contributed by atoms with Gasteiger partial charge in [-0.25, -0.2) is 9.97 Å². The molecule has 5 aromatic rings. The second kappa shape index (κ2) is 9.02. The van der Waals surface area contributed by atoms with Crippen molar-refractivity contribution in [2.75, 3.05) is 25.3 Å². The van der Waals surface area contributed by atoms with Crippen LogP contribution in [0.25, 0.3) is 27.9 Å². The lowest BCUT2D eigenvalue weighted by molar-refractivity contribution is -0.113. The van der Waals surface area contributed by atoms with Crippen molar-refractivity contribution in [2.45, 2.75) is 12.1 Å². The number of aromatic amines is 1. The Kier molecular flexibility index (Phi) is 5.76. The number of H-pyrrole nitrogens is 1. The minimum absolute atomic E-state index is 0.118. The number of rotatable bonds is 7. The predicted octanol–water partition coefficient (Wildman–Crippen LogP) is 3.72. The van der Waals surface area contributed by atoms with Gasteiger partial charge in [0, 0.05) is 28.8 Å². The molecule has 1 amide bonds. The molecule has 0 atom stereocenters. The van der Waals surface area contributed by atoms with Crippen molar-refractivity contribution in [1.29, 1.82) is 0 Å². The molecule has 0 bridgehead atoms. The Bertz CT molecular complexity index is 1500. The van der Waals surface area contributed by atoms with Crippen molar-refractivity contribution in [3.05, 3.63) is 54.2 Å². The Labute approximate surface area is 198 Å². The van der Waals surface area contributed by atoms with Gasteiger partial charge in [-0.2, -0.15) is 9.61 Å². The number of carbonyl (C=O) groups is 1. The van der Waals surface area contributed by atoms with Crippen molar-refractivity contribution >= 4 is 40.0 Å². The summed E-state index contributed by atoms with van der Waals surface area (Å²) in [6.07, 6.45) is 0. The molecule has 3 aromatic heterocycles. The van der Waals surface area contributed by atoms with Crippen LogP contribution in [0.1, 0.15) is 5.69 Å². The fourth-order valence-electron chi connectivity index (χ4n) is 3.50. The van der Waals surface area contributed by atoms with E-state index in [2.05, 4.69) is 15.5 Å². The predicted molar refractivity (Wildman–Crippen MR) is 130 cm³/mol. The number of anilines is 1. The number of carbonyl (C=O) groups excluding carboxylic acids is 1. The number of ether oxygens (including phenoxy) is 2. The van der Waals surface area contributed by atoms with Gasteiger partial charge in [-0.1, -0.05) is 42.1 Å². The van der Waals surface area contributed by atoms with Gasteiger partial charge in [-0.3, -0.25) is 9.89 Å². The molecule has 0 aliphatic carbocycles. The van der Waals surface area contributed by atoms with Crippen LogP contribution in [0.2, 0.25) is 0 Å². The normalized spacial score (nSPS) is 11.1. The highest BCUT2D eigenvalue weighted by atomic mass is 32.2.